The summed E-state index contributed by atoms with van der Waals surface area (Å²) in [6.07, 6.45) is 2.23. The molecule has 1 aromatic carbocycles. The molecule has 6 heteroatoms. The minimum Gasteiger partial charge on any atom is -0.495 e. The van der Waals surface area contributed by atoms with E-state index in [0.29, 0.717) is 22.9 Å². The number of hydrogen-bond donors (Lipinski definition) is 2. The maximum Gasteiger partial charge on any atom is 0.319 e. The molecule has 1 unspecified atom stereocenters. The zero-order chi connectivity index (χ0) is 15.2. The number of furan rings is 1. The molecule has 0 aliphatic carbocycles. The van der Waals surface area contributed by atoms with Gasteiger partial charge in [-0.15, -0.1) is 0 Å². The lowest BCUT2D eigenvalue weighted by atomic mass is 10.2. The summed E-state index contributed by atoms with van der Waals surface area (Å²) >= 11 is 5.92. The fraction of sp³-hybridized carbons (Fsp3) is 0.267. The number of rotatable bonds is 5. The molecule has 0 spiro atoms. The highest BCUT2D eigenvalue weighted by Gasteiger charge is 2.12. The number of carbonyl (C=O) groups excluding carboxylic acids is 1. The molecule has 0 saturated carbocycles. The molecule has 0 fully saturated rings. The first-order valence-electron chi connectivity index (χ1n) is 6.52. The average molecular weight is 309 g/mol. The number of anilines is 1. The highest BCUT2D eigenvalue weighted by molar-refractivity contribution is 6.31. The summed E-state index contributed by atoms with van der Waals surface area (Å²) in [5.41, 5.74) is 0.521. The highest BCUT2D eigenvalue weighted by Crippen LogP contribution is 2.27. The Bertz CT molecular complexity index is 599. The summed E-state index contributed by atoms with van der Waals surface area (Å²) in [5, 5.41) is 6.07. The van der Waals surface area contributed by atoms with E-state index in [1.807, 2.05) is 19.1 Å². The predicted molar refractivity (Wildman–Crippen MR) is 82.0 cm³/mol. The first-order valence-corrected chi connectivity index (χ1v) is 6.89. The molecule has 2 amide bonds. The molecule has 1 aromatic heterocycles. The van der Waals surface area contributed by atoms with E-state index in [9.17, 15) is 4.79 Å². The Morgan fingerprint density at radius 2 is 2.24 bits per heavy atom. The second kappa shape index (κ2) is 7.04. The first kappa shape index (κ1) is 15.3. The molecule has 112 valence electrons. The van der Waals surface area contributed by atoms with Crippen molar-refractivity contribution in [2.24, 2.45) is 0 Å². The lowest BCUT2D eigenvalue weighted by molar-refractivity contribution is 0.248. The molecule has 1 atom stereocenters. The summed E-state index contributed by atoms with van der Waals surface area (Å²) in [6.45, 7) is 1.90. The maximum absolute atomic E-state index is 12.0. The number of urea groups is 1. The predicted octanol–water partition coefficient (Wildman–Crippen LogP) is 3.69. The van der Waals surface area contributed by atoms with E-state index >= 15 is 0 Å². The van der Waals surface area contributed by atoms with Crippen molar-refractivity contribution in [3.05, 3.63) is 47.4 Å². The number of amides is 2. The molecule has 0 radical (unpaired) electrons. The van der Waals surface area contributed by atoms with Crippen LogP contribution in [0, 0.1) is 0 Å². The van der Waals surface area contributed by atoms with Crippen LogP contribution in [-0.4, -0.2) is 19.2 Å². The summed E-state index contributed by atoms with van der Waals surface area (Å²) < 4.78 is 10.4. The minimum absolute atomic E-state index is 0.0682. The van der Waals surface area contributed by atoms with Crippen molar-refractivity contribution in [2.75, 3.05) is 12.4 Å². The second-order valence-electron chi connectivity index (χ2n) is 4.63. The summed E-state index contributed by atoms with van der Waals surface area (Å²) in [4.78, 5) is 12.0. The normalized spacial score (nSPS) is 11.8. The van der Waals surface area contributed by atoms with Gasteiger partial charge in [0.2, 0.25) is 0 Å². The van der Waals surface area contributed by atoms with Crippen molar-refractivity contribution in [3.63, 3.8) is 0 Å². The van der Waals surface area contributed by atoms with Gasteiger partial charge in [-0.05, 0) is 37.3 Å². The van der Waals surface area contributed by atoms with Crippen LogP contribution in [0.4, 0.5) is 10.5 Å². The van der Waals surface area contributed by atoms with Gasteiger partial charge in [0.05, 0.1) is 19.1 Å². The maximum atomic E-state index is 12.0. The van der Waals surface area contributed by atoms with Crippen molar-refractivity contribution >= 4 is 23.3 Å². The molecular formula is C15H17ClN2O3. The molecule has 21 heavy (non-hydrogen) atoms. The lowest BCUT2D eigenvalue weighted by Gasteiger charge is -2.15. The molecule has 0 aliphatic rings. The van der Waals surface area contributed by atoms with Gasteiger partial charge in [-0.2, -0.15) is 0 Å². The van der Waals surface area contributed by atoms with E-state index in [0.717, 1.165) is 5.76 Å². The molecule has 2 rings (SSSR count). The van der Waals surface area contributed by atoms with Crippen LogP contribution in [0.15, 0.2) is 41.0 Å². The quantitative estimate of drug-likeness (QED) is 0.885. The number of nitrogens with one attached hydrogen (secondary N) is 2. The Morgan fingerprint density at radius 3 is 2.90 bits per heavy atom. The number of ether oxygens (including phenoxy) is 1. The fourth-order valence-electron chi connectivity index (χ4n) is 1.94. The Morgan fingerprint density at radius 1 is 1.43 bits per heavy atom. The van der Waals surface area contributed by atoms with Crippen LogP contribution in [0.3, 0.4) is 0 Å². The van der Waals surface area contributed by atoms with Crippen LogP contribution in [0.5, 0.6) is 5.75 Å². The standard InChI is InChI=1S/C15H17ClN2O3/c1-10(8-12-4-3-7-21-12)17-15(19)18-13-9-11(16)5-6-14(13)20-2/h3-7,9-10H,8H2,1-2H3,(H2,17,18,19). The third-order valence-electron chi connectivity index (χ3n) is 2.87. The van der Waals surface area contributed by atoms with Crippen molar-refractivity contribution in [3.8, 4) is 5.75 Å². The van der Waals surface area contributed by atoms with Gasteiger partial charge in [0, 0.05) is 17.5 Å². The van der Waals surface area contributed by atoms with Crippen LogP contribution in [0.25, 0.3) is 0 Å². The van der Waals surface area contributed by atoms with E-state index in [-0.39, 0.29) is 12.1 Å². The largest absolute Gasteiger partial charge is 0.495 e. The van der Waals surface area contributed by atoms with E-state index in [2.05, 4.69) is 10.6 Å². The van der Waals surface area contributed by atoms with E-state index in [1.165, 1.54) is 7.11 Å². The topological polar surface area (TPSA) is 63.5 Å². The Labute approximate surface area is 128 Å². The molecule has 1 heterocycles. The number of halogens is 1. The summed E-state index contributed by atoms with van der Waals surface area (Å²) in [7, 11) is 1.53. The third kappa shape index (κ3) is 4.43. The molecule has 2 aromatic rings. The van der Waals surface area contributed by atoms with Crippen LogP contribution in [0.1, 0.15) is 12.7 Å². The molecule has 0 saturated heterocycles. The van der Waals surface area contributed by atoms with Gasteiger partial charge in [-0.3, -0.25) is 0 Å². The number of benzene rings is 1. The van der Waals surface area contributed by atoms with Gasteiger partial charge in [-0.25, -0.2) is 4.79 Å². The van der Waals surface area contributed by atoms with E-state index in [1.54, 1.807) is 24.5 Å². The smallest absolute Gasteiger partial charge is 0.319 e. The molecule has 0 bridgehead atoms. The molecular weight excluding hydrogens is 292 g/mol. The van der Waals surface area contributed by atoms with Crippen molar-refractivity contribution in [2.45, 2.75) is 19.4 Å². The zero-order valence-electron chi connectivity index (χ0n) is 11.9. The van der Waals surface area contributed by atoms with Crippen molar-refractivity contribution in [1.82, 2.24) is 5.32 Å². The van der Waals surface area contributed by atoms with E-state index in [4.69, 9.17) is 20.8 Å². The Kier molecular flexibility index (Phi) is 5.11. The van der Waals surface area contributed by atoms with Gasteiger partial charge in [0.1, 0.15) is 11.5 Å². The van der Waals surface area contributed by atoms with Crippen LogP contribution in [-0.2, 0) is 6.42 Å². The monoisotopic (exact) mass is 308 g/mol. The summed E-state index contributed by atoms with van der Waals surface area (Å²) in [5.74, 6) is 1.37. The van der Waals surface area contributed by atoms with Gasteiger partial charge in [0.15, 0.2) is 0 Å². The Hall–Kier alpha value is -2.14. The van der Waals surface area contributed by atoms with Gasteiger partial charge in [-0.1, -0.05) is 11.6 Å². The van der Waals surface area contributed by atoms with Crippen LogP contribution < -0.4 is 15.4 Å². The first-order chi connectivity index (χ1) is 10.1. The molecule has 5 nitrogen and oxygen atoms in total. The number of methoxy groups -OCH3 is 1. The SMILES string of the molecule is COc1ccc(Cl)cc1NC(=O)NC(C)Cc1ccco1. The van der Waals surface area contributed by atoms with Gasteiger partial charge >= 0.3 is 6.03 Å². The average Bonchev–Trinajstić information content (AvgIpc) is 2.91. The third-order valence-corrected chi connectivity index (χ3v) is 3.11. The van der Waals surface area contributed by atoms with Crippen molar-refractivity contribution in [1.29, 1.82) is 0 Å². The summed E-state index contributed by atoms with van der Waals surface area (Å²) in [6, 6.07) is 8.33. The van der Waals surface area contributed by atoms with E-state index < -0.39 is 0 Å². The van der Waals surface area contributed by atoms with Crippen LogP contribution in [0.2, 0.25) is 5.02 Å². The highest BCUT2D eigenvalue weighted by atomic mass is 35.5. The second-order valence-corrected chi connectivity index (χ2v) is 5.06. The van der Waals surface area contributed by atoms with Crippen LogP contribution >= 0.6 is 11.6 Å². The minimum atomic E-state index is -0.324. The zero-order valence-corrected chi connectivity index (χ0v) is 12.6. The fourth-order valence-corrected chi connectivity index (χ4v) is 2.11. The number of hydrogen-bond acceptors (Lipinski definition) is 3. The lowest BCUT2D eigenvalue weighted by Crippen LogP contribution is -2.37. The van der Waals surface area contributed by atoms with Gasteiger partial charge in [0.25, 0.3) is 0 Å². The molecule has 0 aliphatic heterocycles. The number of carbonyl (C=O) groups is 1. The van der Waals surface area contributed by atoms with Gasteiger partial charge < -0.3 is 19.8 Å². The molecule has 2 N–H and O–H groups in total. The van der Waals surface area contributed by atoms with Crippen molar-refractivity contribution < 1.29 is 13.9 Å². The Balaban J connectivity index is 1.93.